The first kappa shape index (κ1) is 20.0. The van der Waals surface area contributed by atoms with Gasteiger partial charge in [0.2, 0.25) is 18.6 Å². The second-order valence-electron chi connectivity index (χ2n) is 7.39. The third kappa shape index (κ3) is 4.28. The monoisotopic (exact) mass is 442 g/mol. The number of morpholine rings is 1. The fourth-order valence-corrected chi connectivity index (χ4v) is 4.70. The van der Waals surface area contributed by atoms with Gasteiger partial charge >= 0.3 is 0 Å². The largest absolute Gasteiger partial charge is 0.491 e. The lowest BCUT2D eigenvalue weighted by Gasteiger charge is -2.35. The fraction of sp³-hybridized carbons (Fsp3) is 0.364. The number of benzene rings is 2. The molecule has 3 aliphatic heterocycles. The Bertz CT molecular complexity index is 1000. The van der Waals surface area contributed by atoms with Gasteiger partial charge in [-0.3, -0.25) is 9.59 Å². The summed E-state index contributed by atoms with van der Waals surface area (Å²) in [4.78, 5) is 29.8. The van der Waals surface area contributed by atoms with Crippen LogP contribution in [0.2, 0.25) is 0 Å². The van der Waals surface area contributed by atoms with E-state index in [-0.39, 0.29) is 31.3 Å². The normalized spacial score (nSPS) is 19.9. The second kappa shape index (κ2) is 8.68. The molecule has 0 aliphatic carbocycles. The van der Waals surface area contributed by atoms with Gasteiger partial charge in [0.05, 0.1) is 24.6 Å². The van der Waals surface area contributed by atoms with Crippen molar-refractivity contribution in [1.82, 2.24) is 4.90 Å². The summed E-state index contributed by atoms with van der Waals surface area (Å²) in [6.07, 6.45) is -0.247. The van der Waals surface area contributed by atoms with Crippen LogP contribution in [0.25, 0.3) is 0 Å². The first-order valence-corrected chi connectivity index (χ1v) is 11.1. The molecule has 1 saturated heterocycles. The predicted octanol–water partition coefficient (Wildman–Crippen LogP) is 2.16. The van der Waals surface area contributed by atoms with Crippen molar-refractivity contribution in [2.24, 2.45) is 0 Å². The van der Waals surface area contributed by atoms with Gasteiger partial charge in [-0.2, -0.15) is 0 Å². The highest BCUT2D eigenvalue weighted by Crippen LogP contribution is 2.36. The summed E-state index contributed by atoms with van der Waals surface area (Å²) in [6.45, 7) is 1.91. The van der Waals surface area contributed by atoms with Crippen molar-refractivity contribution in [3.63, 3.8) is 0 Å². The van der Waals surface area contributed by atoms with Gasteiger partial charge in [-0.25, -0.2) is 0 Å². The Labute approximate surface area is 184 Å². The van der Waals surface area contributed by atoms with Crippen LogP contribution in [0.15, 0.2) is 47.4 Å². The number of thioether (sulfide) groups is 1. The number of fused-ring (bicyclic) bond motifs is 2. The molecule has 0 saturated carbocycles. The quantitative estimate of drug-likeness (QED) is 0.702. The first-order valence-electron chi connectivity index (χ1n) is 10.1. The summed E-state index contributed by atoms with van der Waals surface area (Å²) >= 11 is 1.51. The Hall–Kier alpha value is -2.91. The molecule has 162 valence electrons. The van der Waals surface area contributed by atoms with Gasteiger partial charge in [-0.15, -0.1) is 11.8 Å². The van der Waals surface area contributed by atoms with Crippen LogP contribution in [-0.4, -0.2) is 68.2 Å². The Morgan fingerprint density at radius 1 is 1.16 bits per heavy atom. The average Bonchev–Trinajstić information content (AvgIpc) is 3.28. The van der Waals surface area contributed by atoms with Gasteiger partial charge in [0.25, 0.3) is 0 Å². The minimum Gasteiger partial charge on any atom is -0.491 e. The standard InChI is InChI=1S/C22H22N2O6S/c25-21(11-24-17-3-1-2-4-20(17)31-13-22(24)26)23-7-8-27-16(10-23)12-28-15-5-6-18-19(9-15)30-14-29-18/h1-6,9,16H,7-8,10-14H2. The molecule has 3 aliphatic rings. The van der Waals surface area contributed by atoms with Crippen molar-refractivity contribution < 1.29 is 28.5 Å². The molecule has 0 bridgehead atoms. The SMILES string of the molecule is O=C(CN1C(=O)CSc2ccccc21)N1CCOC(COc2ccc3c(c2)OCO3)C1. The molecule has 0 aromatic heterocycles. The summed E-state index contributed by atoms with van der Waals surface area (Å²) in [7, 11) is 0. The van der Waals surface area contributed by atoms with Crippen molar-refractivity contribution >= 4 is 29.3 Å². The second-order valence-corrected chi connectivity index (χ2v) is 8.41. The maximum Gasteiger partial charge on any atom is 0.242 e. The van der Waals surface area contributed by atoms with E-state index in [0.29, 0.717) is 49.3 Å². The van der Waals surface area contributed by atoms with E-state index in [0.717, 1.165) is 10.6 Å². The summed E-state index contributed by atoms with van der Waals surface area (Å²) < 4.78 is 22.3. The van der Waals surface area contributed by atoms with Crippen molar-refractivity contribution in [2.75, 3.05) is 50.3 Å². The summed E-state index contributed by atoms with van der Waals surface area (Å²) in [6, 6.07) is 13.1. The maximum absolute atomic E-state index is 13.0. The molecule has 2 aromatic carbocycles. The van der Waals surface area contributed by atoms with Crippen LogP contribution in [-0.2, 0) is 14.3 Å². The molecule has 31 heavy (non-hydrogen) atoms. The van der Waals surface area contributed by atoms with Gasteiger partial charge in [0, 0.05) is 17.5 Å². The maximum atomic E-state index is 13.0. The van der Waals surface area contributed by atoms with Crippen molar-refractivity contribution in [1.29, 1.82) is 0 Å². The zero-order valence-electron chi connectivity index (χ0n) is 16.8. The van der Waals surface area contributed by atoms with Crippen molar-refractivity contribution in [2.45, 2.75) is 11.0 Å². The van der Waals surface area contributed by atoms with E-state index in [1.165, 1.54) is 11.8 Å². The number of nitrogens with zero attached hydrogens (tertiary/aromatic N) is 2. The lowest BCUT2D eigenvalue weighted by molar-refractivity contribution is -0.139. The van der Waals surface area contributed by atoms with E-state index < -0.39 is 0 Å². The van der Waals surface area contributed by atoms with Crippen LogP contribution in [0, 0.1) is 0 Å². The Balaban J connectivity index is 1.18. The lowest BCUT2D eigenvalue weighted by atomic mass is 10.2. The highest BCUT2D eigenvalue weighted by atomic mass is 32.2. The average molecular weight is 442 g/mol. The number of para-hydroxylation sites is 1. The van der Waals surface area contributed by atoms with Crippen LogP contribution >= 0.6 is 11.8 Å². The summed E-state index contributed by atoms with van der Waals surface area (Å²) in [5.41, 5.74) is 0.799. The molecule has 1 unspecified atom stereocenters. The molecule has 3 heterocycles. The highest BCUT2D eigenvalue weighted by molar-refractivity contribution is 8.00. The number of rotatable bonds is 5. The summed E-state index contributed by atoms with van der Waals surface area (Å²) in [5, 5.41) is 0. The first-order chi connectivity index (χ1) is 15.2. The van der Waals surface area contributed by atoms with E-state index in [9.17, 15) is 9.59 Å². The molecule has 2 amide bonds. The van der Waals surface area contributed by atoms with Crippen LogP contribution < -0.4 is 19.1 Å². The molecule has 1 atom stereocenters. The fourth-order valence-electron chi connectivity index (χ4n) is 3.77. The van der Waals surface area contributed by atoms with Gasteiger partial charge < -0.3 is 28.7 Å². The molecule has 1 fully saturated rings. The number of anilines is 1. The van der Waals surface area contributed by atoms with E-state index in [2.05, 4.69) is 0 Å². The molecular formula is C22H22N2O6S. The number of hydrogen-bond acceptors (Lipinski definition) is 7. The number of hydrogen-bond donors (Lipinski definition) is 0. The molecule has 9 heteroatoms. The Morgan fingerprint density at radius 2 is 2.03 bits per heavy atom. The molecule has 8 nitrogen and oxygen atoms in total. The van der Waals surface area contributed by atoms with Crippen LogP contribution in [0.3, 0.4) is 0 Å². The van der Waals surface area contributed by atoms with Gasteiger partial charge in [0.15, 0.2) is 11.5 Å². The zero-order valence-corrected chi connectivity index (χ0v) is 17.6. The highest BCUT2D eigenvalue weighted by Gasteiger charge is 2.30. The van der Waals surface area contributed by atoms with E-state index in [1.807, 2.05) is 30.3 Å². The Kier molecular flexibility index (Phi) is 5.61. The zero-order chi connectivity index (χ0) is 21.2. The Morgan fingerprint density at radius 3 is 2.97 bits per heavy atom. The van der Waals surface area contributed by atoms with Gasteiger partial charge in [-0.05, 0) is 24.3 Å². The van der Waals surface area contributed by atoms with E-state index in [1.54, 1.807) is 21.9 Å². The van der Waals surface area contributed by atoms with E-state index >= 15 is 0 Å². The number of ether oxygens (including phenoxy) is 4. The van der Waals surface area contributed by atoms with Crippen molar-refractivity contribution in [3.8, 4) is 17.2 Å². The summed E-state index contributed by atoms with van der Waals surface area (Å²) in [5.74, 6) is 2.22. The van der Waals surface area contributed by atoms with Crippen LogP contribution in [0.4, 0.5) is 5.69 Å². The third-order valence-electron chi connectivity index (χ3n) is 5.37. The predicted molar refractivity (Wildman–Crippen MR) is 114 cm³/mol. The number of carbonyl (C=O) groups excluding carboxylic acids is 2. The van der Waals surface area contributed by atoms with Crippen molar-refractivity contribution in [3.05, 3.63) is 42.5 Å². The van der Waals surface area contributed by atoms with Crippen LogP contribution in [0.5, 0.6) is 17.2 Å². The lowest BCUT2D eigenvalue weighted by Crippen LogP contribution is -2.51. The minimum atomic E-state index is -0.247. The molecule has 0 spiro atoms. The van der Waals surface area contributed by atoms with Gasteiger partial charge in [-0.1, -0.05) is 12.1 Å². The molecule has 0 N–H and O–H groups in total. The number of carbonyl (C=O) groups is 2. The van der Waals surface area contributed by atoms with Crippen LogP contribution in [0.1, 0.15) is 0 Å². The molecule has 2 aromatic rings. The smallest absolute Gasteiger partial charge is 0.242 e. The minimum absolute atomic E-state index is 0.0339. The van der Waals surface area contributed by atoms with Gasteiger partial charge in [0.1, 0.15) is 25.0 Å². The molecular weight excluding hydrogens is 420 g/mol. The topological polar surface area (TPSA) is 77.5 Å². The molecule has 0 radical (unpaired) electrons. The van der Waals surface area contributed by atoms with E-state index in [4.69, 9.17) is 18.9 Å². The number of amides is 2. The molecule has 5 rings (SSSR count). The third-order valence-corrected chi connectivity index (χ3v) is 6.42.